The van der Waals surface area contributed by atoms with Gasteiger partial charge in [-0.15, -0.1) is 0 Å². The van der Waals surface area contributed by atoms with Crippen LogP contribution in [0.4, 0.5) is 17.3 Å². The number of fused-ring (bicyclic) bond motifs is 2. The second kappa shape index (κ2) is 18.4. The molecule has 0 aromatic heterocycles. The van der Waals surface area contributed by atoms with Crippen molar-refractivity contribution in [2.75, 3.05) is 12.3 Å². The third-order valence-electron chi connectivity index (χ3n) is 7.06. The molecule has 0 atom stereocenters. The van der Waals surface area contributed by atoms with Crippen LogP contribution in [0.5, 0.6) is 0 Å². The zero-order valence-electron chi connectivity index (χ0n) is 24.0. The molecule has 1 saturated carbocycles. The molecule has 2 bridgehead atoms. The van der Waals surface area contributed by atoms with Crippen molar-refractivity contribution in [1.82, 2.24) is 0 Å². The van der Waals surface area contributed by atoms with Gasteiger partial charge in [0.05, 0.1) is 0 Å². The van der Waals surface area contributed by atoms with Gasteiger partial charge in [0, 0.05) is 0 Å². The molecule has 0 radical (unpaired) electrons. The van der Waals surface area contributed by atoms with Crippen molar-refractivity contribution >= 4 is 44.3 Å². The Morgan fingerprint density at radius 1 is 0.465 bits per heavy atom. The van der Waals surface area contributed by atoms with Gasteiger partial charge in [0.1, 0.15) is 0 Å². The Morgan fingerprint density at radius 3 is 0.907 bits per heavy atom. The first-order valence-corrected chi connectivity index (χ1v) is 17.4. The van der Waals surface area contributed by atoms with Gasteiger partial charge in [-0.2, -0.15) is 0 Å². The Hall–Kier alpha value is -2.37. The van der Waals surface area contributed by atoms with Gasteiger partial charge in [0.25, 0.3) is 0 Å². The van der Waals surface area contributed by atoms with Gasteiger partial charge < -0.3 is 17.3 Å². The molecule has 0 aliphatic heterocycles. The Balaban J connectivity index is 0.000000322. The second-order valence-corrected chi connectivity index (χ2v) is 14.8. The summed E-state index contributed by atoms with van der Waals surface area (Å²) in [6.07, 6.45) is 13.6. The Kier molecular flexibility index (Phi) is 15.1. The molecule has 226 valence electrons. The zero-order valence-corrected chi connectivity index (χ0v) is 27.4. The van der Waals surface area contributed by atoms with Crippen molar-refractivity contribution < 1.29 is 36.7 Å². The van der Waals surface area contributed by atoms with Crippen LogP contribution in [0.15, 0.2) is 145 Å². The summed E-state index contributed by atoms with van der Waals surface area (Å²) in [6, 6.07) is 44.3. The summed E-state index contributed by atoms with van der Waals surface area (Å²) >= 11 is 0. The predicted molar refractivity (Wildman–Crippen MR) is 177 cm³/mol. The molecular formula is C35H36BF4P2Rh. The third-order valence-corrected chi connectivity index (χ3v) is 12.3. The summed E-state index contributed by atoms with van der Waals surface area (Å²) in [5.41, 5.74) is 3.30. The van der Waals surface area contributed by atoms with E-state index in [4.69, 9.17) is 0 Å². The second-order valence-electron chi connectivity index (χ2n) is 10.2. The molecule has 6 rings (SSSR count). The molecule has 2 aliphatic carbocycles. The number of hydrogen-bond acceptors (Lipinski definition) is 0. The smallest absolute Gasteiger partial charge is 0.418 e. The SMILES string of the molecule is C1=C2CCC(=C1)C2.F[B-](F)(F)F.[Rh+].c1ccc(P(CCCCP(c2ccccc2)c2ccccc2)c2ccccc2)cc1. The van der Waals surface area contributed by atoms with Crippen molar-refractivity contribution in [1.29, 1.82) is 0 Å². The van der Waals surface area contributed by atoms with Crippen molar-refractivity contribution in [2.45, 2.75) is 32.1 Å². The monoisotopic (exact) mass is 708 g/mol. The van der Waals surface area contributed by atoms with Gasteiger partial charge in [0.2, 0.25) is 0 Å². The van der Waals surface area contributed by atoms with E-state index in [1.165, 1.54) is 65.6 Å². The summed E-state index contributed by atoms with van der Waals surface area (Å²) in [4.78, 5) is 0. The normalized spacial score (nSPS) is 13.3. The molecule has 0 saturated heterocycles. The van der Waals surface area contributed by atoms with Gasteiger partial charge in [-0.3, -0.25) is 0 Å². The molecule has 0 N–H and O–H groups in total. The molecule has 1 fully saturated rings. The first-order valence-electron chi connectivity index (χ1n) is 14.4. The van der Waals surface area contributed by atoms with Crippen LogP contribution in [0.2, 0.25) is 0 Å². The summed E-state index contributed by atoms with van der Waals surface area (Å²) in [5, 5.41) is 5.97. The molecular weight excluding hydrogens is 672 g/mol. The molecule has 43 heavy (non-hydrogen) atoms. The predicted octanol–water partition coefficient (Wildman–Crippen LogP) is 9.37. The maximum atomic E-state index is 9.75. The van der Waals surface area contributed by atoms with E-state index < -0.39 is 7.25 Å². The molecule has 4 aromatic carbocycles. The summed E-state index contributed by atoms with van der Waals surface area (Å²) < 4.78 is 39.0. The molecule has 0 heterocycles. The molecule has 0 nitrogen and oxygen atoms in total. The van der Waals surface area contributed by atoms with Crippen molar-refractivity contribution in [3.63, 3.8) is 0 Å². The van der Waals surface area contributed by atoms with Crippen molar-refractivity contribution in [2.24, 2.45) is 0 Å². The van der Waals surface area contributed by atoms with E-state index in [0.717, 1.165) is 0 Å². The molecule has 4 aromatic rings. The number of hydrogen-bond donors (Lipinski definition) is 0. The maximum Gasteiger partial charge on any atom is 1.00 e. The zero-order chi connectivity index (χ0) is 29.6. The van der Waals surface area contributed by atoms with Crippen LogP contribution < -0.4 is 21.2 Å². The Bertz CT molecular complexity index is 1210. The molecule has 0 spiro atoms. The van der Waals surface area contributed by atoms with Crippen LogP contribution in [-0.4, -0.2) is 19.6 Å². The number of unbranched alkanes of at least 4 members (excludes halogenated alkanes) is 1. The minimum absolute atomic E-state index is 0. The van der Waals surface area contributed by atoms with Crippen LogP contribution in [-0.2, 0) is 19.5 Å². The number of halogens is 4. The minimum Gasteiger partial charge on any atom is -0.418 e. The summed E-state index contributed by atoms with van der Waals surface area (Å²) in [6.45, 7) is 0. The molecule has 2 aliphatic rings. The van der Waals surface area contributed by atoms with Crippen LogP contribution >= 0.6 is 15.8 Å². The first-order chi connectivity index (χ1) is 20.4. The summed E-state index contributed by atoms with van der Waals surface area (Å²) in [7, 11) is -6.57. The fourth-order valence-corrected chi connectivity index (χ4v) is 9.93. The van der Waals surface area contributed by atoms with Crippen LogP contribution in [0, 0.1) is 0 Å². The van der Waals surface area contributed by atoms with Gasteiger partial charge in [0.15, 0.2) is 0 Å². The van der Waals surface area contributed by atoms with Crippen molar-refractivity contribution in [3.8, 4) is 0 Å². The van der Waals surface area contributed by atoms with Gasteiger partial charge in [-0.25, -0.2) is 0 Å². The first kappa shape index (κ1) is 35.1. The van der Waals surface area contributed by atoms with E-state index in [-0.39, 0.29) is 35.3 Å². The van der Waals surface area contributed by atoms with E-state index >= 15 is 0 Å². The third kappa shape index (κ3) is 12.6. The van der Waals surface area contributed by atoms with Gasteiger partial charge in [-0.1, -0.05) is 145 Å². The molecule has 0 amide bonds. The Morgan fingerprint density at radius 2 is 0.721 bits per heavy atom. The van der Waals surface area contributed by atoms with E-state index in [2.05, 4.69) is 133 Å². The topological polar surface area (TPSA) is 0 Å². The molecule has 0 unspecified atom stereocenters. The van der Waals surface area contributed by atoms with Gasteiger partial charge >= 0.3 is 26.7 Å². The largest absolute Gasteiger partial charge is 1.00 e. The average Bonchev–Trinajstić information content (AvgIpc) is 3.67. The minimum atomic E-state index is -6.00. The average molecular weight is 708 g/mol. The summed E-state index contributed by atoms with van der Waals surface area (Å²) in [5.74, 6) is 0. The maximum absolute atomic E-state index is 9.75. The fourth-order valence-electron chi connectivity index (χ4n) is 5.10. The van der Waals surface area contributed by atoms with Gasteiger partial charge in [-0.05, 0) is 81.5 Å². The fraction of sp³-hybridized carbons (Fsp3) is 0.200. The number of benzene rings is 4. The Labute approximate surface area is 269 Å². The number of rotatable bonds is 9. The standard InChI is InChI=1S/C28H28P2.C7H8.BF4.Rh/c1-5-15-25(16-6-1)29(26-17-7-2-8-18-26)23-13-14-24-30(27-19-9-3-10-20-27)28-21-11-4-12-22-28;1-2-7-4-3-6(1)5-7;2-1(3,4)5;/h1-12,15-22H,13-14,23-24H2;1-2H,3-5H2;;/q;;-1;+1. The number of allylic oxidation sites excluding steroid dienone is 4. The van der Waals surface area contributed by atoms with Crippen LogP contribution in [0.25, 0.3) is 0 Å². The quantitative estimate of drug-likeness (QED) is 0.0704. The van der Waals surface area contributed by atoms with E-state index in [1.54, 1.807) is 11.1 Å². The van der Waals surface area contributed by atoms with E-state index in [0.29, 0.717) is 0 Å². The molecule has 8 heteroatoms. The van der Waals surface area contributed by atoms with E-state index in [9.17, 15) is 17.3 Å². The van der Waals surface area contributed by atoms with Crippen LogP contribution in [0.1, 0.15) is 32.1 Å². The van der Waals surface area contributed by atoms with Crippen LogP contribution in [0.3, 0.4) is 0 Å². The van der Waals surface area contributed by atoms with Crippen molar-refractivity contribution in [3.05, 3.63) is 145 Å². The van der Waals surface area contributed by atoms with E-state index in [1.807, 2.05) is 0 Å².